The smallest absolute Gasteiger partial charge is 0.306 e. The number of Topliss-reactive ketones (excluding diaryl/α,β-unsaturated/α-hetero) is 1. The second-order valence-electron chi connectivity index (χ2n) is 11.1. The molecule has 1 N–H and O–H groups in total. The Balaban J connectivity index is 1.88. The Labute approximate surface area is 208 Å². The maximum atomic E-state index is 17.3. The molecular weight excluding hydrogens is 485 g/mol. The van der Waals surface area contributed by atoms with Crippen molar-refractivity contribution in [3.05, 3.63) is 23.6 Å². The van der Waals surface area contributed by atoms with Gasteiger partial charge in [-0.25, -0.2) is 13.2 Å². The van der Waals surface area contributed by atoms with Crippen molar-refractivity contribution in [1.29, 1.82) is 0 Å². The molecule has 0 aromatic rings. The molecule has 0 unspecified atom stereocenters. The van der Waals surface area contributed by atoms with E-state index in [9.17, 15) is 23.9 Å². The van der Waals surface area contributed by atoms with Crippen LogP contribution < -0.4 is 0 Å². The molecule has 4 rings (SSSR count). The summed E-state index contributed by atoms with van der Waals surface area (Å²) in [5, 5.41) is 11.4. The van der Waals surface area contributed by atoms with Crippen LogP contribution in [0.1, 0.15) is 59.8 Å². The van der Waals surface area contributed by atoms with Gasteiger partial charge in [0.1, 0.15) is 6.17 Å². The number of aliphatic hydroxyl groups excluding tert-OH is 1. The topological polar surface area (TPSA) is 80.7 Å². The number of hydrogen-bond acceptors (Lipinski definition) is 5. The summed E-state index contributed by atoms with van der Waals surface area (Å²) in [5.74, 6) is -6.28. The standard InChI is InChI=1S/C26H32ClF3O5/c1-5-6-20(34)35-26(19(33)12-27)13(2)9-14-15-10-16(28)21-22(29)17(31)7-8-23(21,3)25(15,30)18(32)11-24(14,26)4/h7-8,13-16,18,32H,5-6,9-12H2,1-4H3/t13-,14+,15+,16+,18-,23+,24+,25+,26-/m1/s1. The van der Waals surface area contributed by atoms with Crippen molar-refractivity contribution in [3.8, 4) is 0 Å². The first-order chi connectivity index (χ1) is 16.3. The summed E-state index contributed by atoms with van der Waals surface area (Å²) in [7, 11) is 0. The molecule has 3 saturated carbocycles. The van der Waals surface area contributed by atoms with Crippen LogP contribution >= 0.6 is 11.6 Å². The molecule has 5 nitrogen and oxygen atoms in total. The number of hydrogen-bond donors (Lipinski definition) is 1. The average molecular weight is 517 g/mol. The molecule has 0 aliphatic heterocycles. The average Bonchev–Trinajstić information content (AvgIpc) is 3.00. The summed E-state index contributed by atoms with van der Waals surface area (Å²) in [6.07, 6.45) is -1.59. The van der Waals surface area contributed by atoms with Crippen LogP contribution in [-0.2, 0) is 19.1 Å². The Hall–Kier alpha value is -1.67. The van der Waals surface area contributed by atoms with E-state index in [0.717, 1.165) is 12.2 Å². The second kappa shape index (κ2) is 8.44. The van der Waals surface area contributed by atoms with E-state index in [1.807, 2.05) is 0 Å². The molecule has 9 atom stereocenters. The fourth-order valence-electron chi connectivity index (χ4n) is 8.02. The van der Waals surface area contributed by atoms with E-state index in [4.69, 9.17) is 16.3 Å². The van der Waals surface area contributed by atoms with Gasteiger partial charge in [0.2, 0.25) is 5.78 Å². The third kappa shape index (κ3) is 3.14. The molecule has 0 amide bonds. The molecule has 194 valence electrons. The highest BCUT2D eigenvalue weighted by Crippen LogP contribution is 2.72. The number of alkyl halides is 3. The van der Waals surface area contributed by atoms with Gasteiger partial charge in [-0.15, -0.1) is 11.6 Å². The Morgan fingerprint density at radius 1 is 1.26 bits per heavy atom. The van der Waals surface area contributed by atoms with E-state index in [2.05, 4.69) is 0 Å². The van der Waals surface area contributed by atoms with Gasteiger partial charge in [-0.2, -0.15) is 0 Å². The van der Waals surface area contributed by atoms with Crippen molar-refractivity contribution >= 4 is 29.1 Å². The summed E-state index contributed by atoms with van der Waals surface area (Å²) in [4.78, 5) is 38.0. The number of ketones is 2. The first-order valence-electron chi connectivity index (χ1n) is 12.2. The van der Waals surface area contributed by atoms with Gasteiger partial charge in [0, 0.05) is 34.7 Å². The number of halogens is 4. The zero-order chi connectivity index (χ0) is 26.1. The molecule has 4 aliphatic carbocycles. The van der Waals surface area contributed by atoms with Crippen LogP contribution in [0.5, 0.6) is 0 Å². The highest BCUT2D eigenvalue weighted by molar-refractivity contribution is 6.29. The van der Waals surface area contributed by atoms with E-state index in [0.29, 0.717) is 6.42 Å². The van der Waals surface area contributed by atoms with Crippen LogP contribution in [0.25, 0.3) is 0 Å². The number of allylic oxidation sites excluding steroid dienone is 4. The maximum Gasteiger partial charge on any atom is 0.306 e. The molecule has 35 heavy (non-hydrogen) atoms. The fourth-order valence-corrected chi connectivity index (χ4v) is 8.22. The molecule has 0 heterocycles. The van der Waals surface area contributed by atoms with Gasteiger partial charge in [-0.05, 0) is 44.6 Å². The Bertz CT molecular complexity index is 1030. The van der Waals surface area contributed by atoms with Crippen LogP contribution in [0.15, 0.2) is 23.6 Å². The van der Waals surface area contributed by atoms with Gasteiger partial charge < -0.3 is 9.84 Å². The van der Waals surface area contributed by atoms with E-state index < -0.39 is 93.4 Å². The highest BCUT2D eigenvalue weighted by atomic mass is 35.5. The lowest BCUT2D eigenvalue weighted by molar-refractivity contribution is -0.230. The number of carbonyl (C=O) groups excluding carboxylic acids is 3. The number of fused-ring (bicyclic) bond motifs is 5. The van der Waals surface area contributed by atoms with Crippen LogP contribution in [-0.4, -0.2) is 52.1 Å². The molecule has 0 saturated heterocycles. The van der Waals surface area contributed by atoms with Crippen LogP contribution in [0.2, 0.25) is 0 Å². The van der Waals surface area contributed by atoms with Gasteiger partial charge in [0.15, 0.2) is 22.9 Å². The van der Waals surface area contributed by atoms with E-state index in [-0.39, 0.29) is 19.3 Å². The summed E-state index contributed by atoms with van der Waals surface area (Å²) >= 11 is 5.98. The number of esters is 1. The normalized spacial score (nSPS) is 46.7. The van der Waals surface area contributed by atoms with Crippen LogP contribution in [0.3, 0.4) is 0 Å². The number of aliphatic hydroxyl groups is 1. The number of ether oxygens (including phenoxy) is 1. The summed E-state index contributed by atoms with van der Waals surface area (Å²) in [5.41, 5.74) is -7.91. The first-order valence-corrected chi connectivity index (χ1v) is 12.8. The van der Waals surface area contributed by atoms with Crippen LogP contribution in [0, 0.1) is 28.6 Å². The Morgan fingerprint density at radius 2 is 1.91 bits per heavy atom. The maximum absolute atomic E-state index is 17.3. The lowest BCUT2D eigenvalue weighted by Crippen LogP contribution is -2.71. The lowest BCUT2D eigenvalue weighted by Gasteiger charge is -2.63. The molecule has 0 spiro atoms. The van der Waals surface area contributed by atoms with Crippen molar-refractivity contribution in [2.75, 3.05) is 5.88 Å². The highest BCUT2D eigenvalue weighted by Gasteiger charge is 2.78. The van der Waals surface area contributed by atoms with Crippen LogP contribution in [0.4, 0.5) is 13.2 Å². The monoisotopic (exact) mass is 516 g/mol. The minimum atomic E-state index is -2.50. The number of carbonyl (C=O) groups is 3. The van der Waals surface area contributed by atoms with E-state index in [1.165, 1.54) is 6.92 Å². The van der Waals surface area contributed by atoms with Gasteiger partial charge >= 0.3 is 5.97 Å². The molecule has 4 aliphatic rings. The predicted molar refractivity (Wildman–Crippen MR) is 123 cm³/mol. The second-order valence-corrected chi connectivity index (χ2v) is 11.4. The summed E-state index contributed by atoms with van der Waals surface area (Å²) in [6.45, 7) is 6.50. The van der Waals surface area contributed by atoms with Gasteiger partial charge in [0.05, 0.1) is 12.0 Å². The third-order valence-corrected chi connectivity index (χ3v) is 9.75. The third-order valence-electron chi connectivity index (χ3n) is 9.51. The van der Waals surface area contributed by atoms with Gasteiger partial charge in [-0.3, -0.25) is 14.4 Å². The minimum Gasteiger partial charge on any atom is -0.450 e. The van der Waals surface area contributed by atoms with Gasteiger partial charge in [0.25, 0.3) is 0 Å². The molecule has 0 radical (unpaired) electrons. The first kappa shape index (κ1) is 26.4. The summed E-state index contributed by atoms with van der Waals surface area (Å²) in [6, 6.07) is 0. The van der Waals surface area contributed by atoms with Crippen molar-refractivity contribution in [2.24, 2.45) is 28.6 Å². The largest absolute Gasteiger partial charge is 0.450 e. The zero-order valence-corrected chi connectivity index (χ0v) is 21.1. The molecule has 0 bridgehead atoms. The molecule has 3 fully saturated rings. The molecular formula is C26H32ClF3O5. The van der Waals surface area contributed by atoms with Crippen molar-refractivity contribution in [3.63, 3.8) is 0 Å². The fraction of sp³-hybridized carbons (Fsp3) is 0.731. The predicted octanol–water partition coefficient (Wildman–Crippen LogP) is 4.74. The Morgan fingerprint density at radius 3 is 2.51 bits per heavy atom. The SMILES string of the molecule is CCCC(=O)O[C@@]1(C(=O)CCl)[C@H](C)C[C@H]2[C@@H]3C[C@H](F)C4=C(F)C(=O)C=C[C@]4(C)[C@@]3(F)[C@H](O)C[C@@]21C. The summed E-state index contributed by atoms with van der Waals surface area (Å²) < 4.78 is 53.6. The molecule has 9 heteroatoms. The van der Waals surface area contributed by atoms with Crippen molar-refractivity contribution in [1.82, 2.24) is 0 Å². The number of rotatable bonds is 5. The Kier molecular flexibility index (Phi) is 6.36. The van der Waals surface area contributed by atoms with E-state index >= 15 is 8.78 Å². The minimum absolute atomic E-state index is 0.0701. The quantitative estimate of drug-likeness (QED) is 0.422. The zero-order valence-electron chi connectivity index (χ0n) is 20.4. The van der Waals surface area contributed by atoms with E-state index in [1.54, 1.807) is 20.8 Å². The molecule has 0 aromatic heterocycles. The van der Waals surface area contributed by atoms with Gasteiger partial charge in [-0.1, -0.05) is 26.8 Å². The van der Waals surface area contributed by atoms with Crippen molar-refractivity contribution < 1.29 is 37.4 Å². The molecule has 0 aromatic carbocycles. The van der Waals surface area contributed by atoms with Crippen molar-refractivity contribution in [2.45, 2.75) is 83.3 Å². The lowest BCUT2D eigenvalue weighted by atomic mass is 9.44.